The van der Waals surface area contributed by atoms with Gasteiger partial charge in [0.2, 0.25) is 5.75 Å². The number of hydrogen-bond donors (Lipinski definition) is 2. The number of nitro groups is 2. The van der Waals surface area contributed by atoms with E-state index in [4.69, 9.17) is 0 Å². The van der Waals surface area contributed by atoms with Crippen molar-refractivity contribution in [1.82, 2.24) is 0 Å². The molecule has 1 aliphatic rings. The number of nitrogens with zero attached hydrogens (tertiary/aromatic N) is 2. The second-order valence-electron chi connectivity index (χ2n) is 7.70. The highest BCUT2D eigenvalue weighted by Crippen LogP contribution is 2.55. The SMILES string of the molecule is O=[N+]([O-])c1c(C2c3ccccc3-c3ccccc32)cc(-c2ccccc2O)c(O)c1[N+](=O)[O-]. The monoisotopic (exact) mass is 440 g/mol. The van der Waals surface area contributed by atoms with Crippen molar-refractivity contribution < 1.29 is 20.1 Å². The number of phenolic OH excluding ortho intramolecular Hbond substituents is 2. The molecule has 33 heavy (non-hydrogen) atoms. The van der Waals surface area contributed by atoms with Crippen molar-refractivity contribution in [3.05, 3.63) is 116 Å². The van der Waals surface area contributed by atoms with Crippen LogP contribution in [0.5, 0.6) is 11.5 Å². The van der Waals surface area contributed by atoms with E-state index < -0.39 is 32.9 Å². The molecule has 0 spiro atoms. The van der Waals surface area contributed by atoms with Gasteiger partial charge in [-0.2, -0.15) is 0 Å². The third-order valence-electron chi connectivity index (χ3n) is 5.98. The Balaban J connectivity index is 1.91. The predicted molar refractivity (Wildman–Crippen MR) is 121 cm³/mol. The van der Waals surface area contributed by atoms with Crippen LogP contribution in [0.1, 0.15) is 22.6 Å². The van der Waals surface area contributed by atoms with Crippen molar-refractivity contribution in [3.8, 4) is 33.8 Å². The van der Waals surface area contributed by atoms with Crippen molar-refractivity contribution in [1.29, 1.82) is 0 Å². The molecule has 0 fully saturated rings. The molecule has 0 amide bonds. The molecule has 5 rings (SSSR count). The standard InChI is InChI=1S/C25H16N2O6/c28-21-12-6-5-9-16(21)19-13-20(23(26(30)31)24(25(19)29)27(32)33)22-17-10-3-1-7-14(17)15-8-2-4-11-18(15)22/h1-13,22,28-29H. The Kier molecular flexibility index (Phi) is 4.56. The summed E-state index contributed by atoms with van der Waals surface area (Å²) in [5.41, 5.74) is 1.68. The lowest BCUT2D eigenvalue weighted by Gasteiger charge is -2.17. The van der Waals surface area contributed by atoms with E-state index in [-0.39, 0.29) is 22.4 Å². The first-order valence-corrected chi connectivity index (χ1v) is 10.1. The highest BCUT2D eigenvalue weighted by molar-refractivity contribution is 5.88. The first-order valence-electron chi connectivity index (χ1n) is 10.1. The van der Waals surface area contributed by atoms with Crippen LogP contribution in [0.4, 0.5) is 11.4 Å². The first-order chi connectivity index (χ1) is 15.9. The van der Waals surface area contributed by atoms with E-state index in [1.807, 2.05) is 48.5 Å². The lowest BCUT2D eigenvalue weighted by Crippen LogP contribution is -2.08. The molecule has 2 N–H and O–H groups in total. The Labute approximate surface area is 187 Å². The van der Waals surface area contributed by atoms with Crippen molar-refractivity contribution in [2.45, 2.75) is 5.92 Å². The highest BCUT2D eigenvalue weighted by Gasteiger charge is 2.42. The zero-order valence-corrected chi connectivity index (χ0v) is 17.0. The summed E-state index contributed by atoms with van der Waals surface area (Å²) in [4.78, 5) is 22.3. The van der Waals surface area contributed by atoms with E-state index in [2.05, 4.69) is 0 Å². The van der Waals surface area contributed by atoms with E-state index in [1.165, 1.54) is 18.2 Å². The van der Waals surface area contributed by atoms with Crippen LogP contribution in [0.3, 0.4) is 0 Å². The largest absolute Gasteiger partial charge is 0.507 e. The van der Waals surface area contributed by atoms with Gasteiger partial charge in [-0.15, -0.1) is 0 Å². The van der Waals surface area contributed by atoms with Crippen LogP contribution in [0.25, 0.3) is 22.3 Å². The van der Waals surface area contributed by atoms with Crippen molar-refractivity contribution >= 4 is 11.4 Å². The molecule has 0 atom stereocenters. The van der Waals surface area contributed by atoms with Crippen LogP contribution >= 0.6 is 0 Å². The fraction of sp³-hybridized carbons (Fsp3) is 0.0400. The molecule has 0 saturated heterocycles. The number of phenols is 2. The Bertz CT molecular complexity index is 1420. The Morgan fingerprint density at radius 1 is 0.606 bits per heavy atom. The van der Waals surface area contributed by atoms with Crippen molar-refractivity contribution in [2.24, 2.45) is 0 Å². The van der Waals surface area contributed by atoms with Gasteiger partial charge in [-0.1, -0.05) is 66.7 Å². The Morgan fingerprint density at radius 3 is 1.61 bits per heavy atom. The summed E-state index contributed by atoms with van der Waals surface area (Å²) >= 11 is 0. The third kappa shape index (κ3) is 3.00. The molecule has 0 radical (unpaired) electrons. The maximum atomic E-state index is 12.1. The average Bonchev–Trinajstić information content (AvgIpc) is 3.13. The van der Waals surface area contributed by atoms with Gasteiger partial charge in [0.05, 0.1) is 15.4 Å². The molecule has 8 heteroatoms. The molecular weight excluding hydrogens is 424 g/mol. The lowest BCUT2D eigenvalue weighted by molar-refractivity contribution is -0.423. The molecule has 0 bridgehead atoms. The van der Waals surface area contributed by atoms with Gasteiger partial charge in [-0.05, 0) is 34.4 Å². The molecule has 0 saturated carbocycles. The number of benzene rings is 4. The molecule has 0 aliphatic heterocycles. The molecule has 162 valence electrons. The quantitative estimate of drug-likeness (QED) is 0.271. The molecule has 4 aromatic rings. The minimum absolute atomic E-state index is 0.0535. The third-order valence-corrected chi connectivity index (χ3v) is 5.98. The lowest BCUT2D eigenvalue weighted by atomic mass is 9.85. The van der Waals surface area contributed by atoms with Crippen LogP contribution in [0.2, 0.25) is 0 Å². The van der Waals surface area contributed by atoms with Crippen molar-refractivity contribution in [2.75, 3.05) is 0 Å². The van der Waals surface area contributed by atoms with Crippen LogP contribution in [0, 0.1) is 20.2 Å². The Hall–Kier alpha value is -4.72. The van der Waals surface area contributed by atoms with Gasteiger partial charge in [0.1, 0.15) is 5.75 Å². The summed E-state index contributed by atoms with van der Waals surface area (Å²) in [6.45, 7) is 0. The summed E-state index contributed by atoms with van der Waals surface area (Å²) < 4.78 is 0. The fourth-order valence-electron chi connectivity index (χ4n) is 4.65. The van der Waals surface area contributed by atoms with Gasteiger partial charge in [0, 0.05) is 17.0 Å². The minimum Gasteiger partial charge on any atom is -0.507 e. The summed E-state index contributed by atoms with van der Waals surface area (Å²) in [7, 11) is 0. The van der Waals surface area contributed by atoms with E-state index >= 15 is 0 Å². The van der Waals surface area contributed by atoms with E-state index in [0.717, 1.165) is 22.3 Å². The average molecular weight is 440 g/mol. The first kappa shape index (κ1) is 20.2. The van der Waals surface area contributed by atoms with Crippen LogP contribution in [0.15, 0.2) is 78.9 Å². The smallest absolute Gasteiger partial charge is 0.388 e. The summed E-state index contributed by atoms with van der Waals surface area (Å²) in [5, 5.41) is 45.2. The van der Waals surface area contributed by atoms with Crippen LogP contribution in [-0.4, -0.2) is 20.1 Å². The van der Waals surface area contributed by atoms with Gasteiger partial charge in [0.25, 0.3) is 0 Å². The van der Waals surface area contributed by atoms with Gasteiger partial charge < -0.3 is 10.2 Å². The Morgan fingerprint density at radius 2 is 1.09 bits per heavy atom. The van der Waals surface area contributed by atoms with Crippen LogP contribution in [-0.2, 0) is 0 Å². The summed E-state index contributed by atoms with van der Waals surface area (Å²) in [6, 6.07) is 22.2. The second kappa shape index (κ2) is 7.45. The van der Waals surface area contributed by atoms with Crippen molar-refractivity contribution in [3.63, 3.8) is 0 Å². The normalized spacial score (nSPS) is 12.2. The molecular formula is C25H16N2O6. The summed E-state index contributed by atoms with van der Waals surface area (Å²) in [6.07, 6.45) is 0. The zero-order valence-electron chi connectivity index (χ0n) is 17.0. The van der Waals surface area contributed by atoms with Crippen LogP contribution < -0.4 is 0 Å². The summed E-state index contributed by atoms with van der Waals surface area (Å²) in [5.74, 6) is -1.74. The van der Waals surface area contributed by atoms with Gasteiger partial charge in [0.15, 0.2) is 0 Å². The number of para-hydroxylation sites is 1. The molecule has 0 unspecified atom stereocenters. The molecule has 0 aromatic heterocycles. The highest BCUT2D eigenvalue weighted by atomic mass is 16.6. The molecule has 1 aliphatic carbocycles. The van der Waals surface area contributed by atoms with Gasteiger partial charge in [-0.3, -0.25) is 20.2 Å². The van der Waals surface area contributed by atoms with E-state index in [9.17, 15) is 30.4 Å². The van der Waals surface area contributed by atoms with Gasteiger partial charge in [-0.25, -0.2) is 0 Å². The van der Waals surface area contributed by atoms with E-state index in [0.29, 0.717) is 0 Å². The zero-order chi connectivity index (χ0) is 23.3. The minimum atomic E-state index is -1.00. The predicted octanol–water partition coefficient (Wildman–Crippen LogP) is 5.74. The number of nitro benzene ring substituents is 2. The van der Waals surface area contributed by atoms with E-state index in [1.54, 1.807) is 12.1 Å². The number of fused-ring (bicyclic) bond motifs is 3. The maximum absolute atomic E-state index is 12.1. The number of aromatic hydroxyl groups is 2. The number of hydrogen-bond acceptors (Lipinski definition) is 6. The molecule has 0 heterocycles. The fourth-order valence-corrected chi connectivity index (χ4v) is 4.65. The molecule has 4 aromatic carbocycles. The number of rotatable bonds is 4. The topological polar surface area (TPSA) is 127 Å². The van der Waals surface area contributed by atoms with Gasteiger partial charge >= 0.3 is 11.4 Å². The molecule has 8 nitrogen and oxygen atoms in total. The second-order valence-corrected chi connectivity index (χ2v) is 7.70. The maximum Gasteiger partial charge on any atom is 0.388 e.